The van der Waals surface area contributed by atoms with Crippen molar-refractivity contribution in [3.8, 4) is 0 Å². The van der Waals surface area contributed by atoms with Gasteiger partial charge >= 0.3 is 0 Å². The van der Waals surface area contributed by atoms with Crippen molar-refractivity contribution in [2.24, 2.45) is 0 Å². The number of hydrogen-bond acceptors (Lipinski definition) is 3. The number of rotatable bonds is 1. The number of benzene rings is 1. The maximum absolute atomic E-state index is 13.0. The van der Waals surface area contributed by atoms with Crippen LogP contribution in [0.5, 0.6) is 0 Å². The molecule has 0 aromatic heterocycles. The summed E-state index contributed by atoms with van der Waals surface area (Å²) in [6.07, 6.45) is 1.12. The van der Waals surface area contributed by atoms with E-state index in [0.717, 1.165) is 31.0 Å². The van der Waals surface area contributed by atoms with Gasteiger partial charge in [0.2, 0.25) is 0 Å². The highest BCUT2D eigenvalue weighted by Gasteiger charge is 2.24. The molecule has 0 saturated carbocycles. The van der Waals surface area contributed by atoms with Crippen LogP contribution in [0, 0.1) is 5.82 Å². The van der Waals surface area contributed by atoms with Crippen LogP contribution in [0.15, 0.2) is 18.2 Å². The minimum Gasteiger partial charge on any atom is -0.397 e. The lowest BCUT2D eigenvalue weighted by atomic mass is 10.1. The summed E-state index contributed by atoms with van der Waals surface area (Å²) >= 11 is 1.99. The molecular weight excluding hydrogens is 235 g/mol. The molecule has 1 aliphatic rings. The summed E-state index contributed by atoms with van der Waals surface area (Å²) in [5.41, 5.74) is 7.38. The maximum Gasteiger partial charge on any atom is 0.125 e. The lowest BCUT2D eigenvalue weighted by Gasteiger charge is -2.25. The predicted octanol–water partition coefficient (Wildman–Crippen LogP) is 3.13. The average Bonchev–Trinajstić information content (AvgIpc) is 2.40. The van der Waals surface area contributed by atoms with Crippen LogP contribution in [0.1, 0.15) is 20.3 Å². The Labute approximate surface area is 106 Å². The third kappa shape index (κ3) is 3.06. The molecule has 0 spiro atoms. The van der Waals surface area contributed by atoms with E-state index in [1.165, 1.54) is 12.1 Å². The standard InChI is InChI=1S/C13H19FN2S/c1-13(2)5-6-16(7-8-17-13)12-4-3-10(14)9-11(12)15/h3-4,9H,5-8,15H2,1-2H3. The Hall–Kier alpha value is -0.900. The molecule has 0 unspecified atom stereocenters. The van der Waals surface area contributed by atoms with Gasteiger partial charge in [-0.1, -0.05) is 13.8 Å². The SMILES string of the molecule is CC1(C)CCN(c2ccc(F)cc2N)CCS1. The Morgan fingerprint density at radius 3 is 2.82 bits per heavy atom. The van der Waals surface area contributed by atoms with Crippen molar-refractivity contribution >= 4 is 23.1 Å². The van der Waals surface area contributed by atoms with E-state index in [4.69, 9.17) is 5.73 Å². The number of halogens is 1. The molecular formula is C13H19FN2S. The molecule has 1 aliphatic heterocycles. The first kappa shape index (κ1) is 12.6. The molecule has 0 amide bonds. The number of nitrogens with zero attached hydrogens (tertiary/aromatic N) is 1. The first-order chi connectivity index (χ1) is 7.98. The molecule has 2 N–H and O–H groups in total. The fraction of sp³-hybridized carbons (Fsp3) is 0.538. The van der Waals surface area contributed by atoms with Gasteiger partial charge in [0.25, 0.3) is 0 Å². The van der Waals surface area contributed by atoms with Crippen molar-refractivity contribution in [2.45, 2.75) is 25.0 Å². The zero-order valence-electron chi connectivity index (χ0n) is 10.4. The van der Waals surface area contributed by atoms with Crippen LogP contribution in [-0.4, -0.2) is 23.6 Å². The predicted molar refractivity (Wildman–Crippen MR) is 74.2 cm³/mol. The first-order valence-corrected chi connectivity index (χ1v) is 6.90. The number of nitrogens with two attached hydrogens (primary N) is 1. The molecule has 1 aromatic rings. The molecule has 2 nitrogen and oxygen atoms in total. The van der Waals surface area contributed by atoms with E-state index in [1.807, 2.05) is 11.8 Å². The zero-order chi connectivity index (χ0) is 12.5. The molecule has 1 saturated heterocycles. The van der Waals surface area contributed by atoms with Gasteiger partial charge in [-0.3, -0.25) is 0 Å². The molecule has 0 atom stereocenters. The second-order valence-electron chi connectivity index (χ2n) is 5.05. The van der Waals surface area contributed by atoms with Gasteiger partial charge < -0.3 is 10.6 Å². The van der Waals surface area contributed by atoms with Crippen LogP contribution < -0.4 is 10.6 Å². The Bertz CT molecular complexity index is 406. The number of thioether (sulfide) groups is 1. The van der Waals surface area contributed by atoms with E-state index >= 15 is 0 Å². The van der Waals surface area contributed by atoms with E-state index in [-0.39, 0.29) is 5.82 Å². The zero-order valence-corrected chi connectivity index (χ0v) is 11.2. The quantitative estimate of drug-likeness (QED) is 0.781. The summed E-state index contributed by atoms with van der Waals surface area (Å²) < 4.78 is 13.3. The summed E-state index contributed by atoms with van der Waals surface area (Å²) in [5.74, 6) is 0.819. The molecule has 4 heteroatoms. The lowest BCUT2D eigenvalue weighted by Crippen LogP contribution is -2.27. The van der Waals surface area contributed by atoms with Crippen molar-refractivity contribution in [3.05, 3.63) is 24.0 Å². The van der Waals surface area contributed by atoms with Crippen molar-refractivity contribution in [2.75, 3.05) is 29.5 Å². The van der Waals surface area contributed by atoms with E-state index < -0.39 is 0 Å². The molecule has 0 aliphatic carbocycles. The van der Waals surface area contributed by atoms with Crippen molar-refractivity contribution in [1.82, 2.24) is 0 Å². The summed E-state index contributed by atoms with van der Waals surface area (Å²) in [5, 5.41) is 0. The summed E-state index contributed by atoms with van der Waals surface area (Å²) in [4.78, 5) is 2.26. The minimum absolute atomic E-state index is 0.268. The second-order valence-corrected chi connectivity index (χ2v) is 6.85. The Morgan fingerprint density at radius 1 is 1.35 bits per heavy atom. The van der Waals surface area contributed by atoms with Crippen molar-refractivity contribution in [3.63, 3.8) is 0 Å². The number of nitrogen functional groups attached to an aromatic ring is 1. The molecule has 0 bridgehead atoms. The van der Waals surface area contributed by atoms with E-state index in [0.29, 0.717) is 10.4 Å². The first-order valence-electron chi connectivity index (χ1n) is 5.92. The van der Waals surface area contributed by atoms with Crippen LogP contribution in [-0.2, 0) is 0 Å². The highest BCUT2D eigenvalue weighted by Crippen LogP contribution is 2.33. The van der Waals surface area contributed by atoms with Crippen molar-refractivity contribution < 1.29 is 4.39 Å². The Balaban J connectivity index is 2.17. The van der Waals surface area contributed by atoms with Crippen LogP contribution in [0.2, 0.25) is 0 Å². The maximum atomic E-state index is 13.0. The normalized spacial score (nSPS) is 20.1. The summed E-state index contributed by atoms with van der Waals surface area (Å²) in [7, 11) is 0. The van der Waals surface area contributed by atoms with Gasteiger partial charge in [0, 0.05) is 23.6 Å². The highest BCUT2D eigenvalue weighted by atomic mass is 32.2. The van der Waals surface area contributed by atoms with E-state index in [1.54, 1.807) is 6.07 Å². The van der Waals surface area contributed by atoms with Crippen LogP contribution in [0.25, 0.3) is 0 Å². The third-order valence-electron chi connectivity index (χ3n) is 3.17. The second kappa shape index (κ2) is 4.77. The largest absolute Gasteiger partial charge is 0.397 e. The third-order valence-corrected chi connectivity index (χ3v) is 4.54. The molecule has 1 fully saturated rings. The molecule has 1 aromatic carbocycles. The Morgan fingerprint density at radius 2 is 2.12 bits per heavy atom. The van der Waals surface area contributed by atoms with Crippen LogP contribution >= 0.6 is 11.8 Å². The lowest BCUT2D eigenvalue weighted by molar-refractivity contribution is 0.625. The molecule has 0 radical (unpaired) electrons. The fourth-order valence-corrected chi connectivity index (χ4v) is 3.17. The summed E-state index contributed by atoms with van der Waals surface area (Å²) in [6.45, 7) is 6.50. The van der Waals surface area contributed by atoms with Gasteiger partial charge in [-0.15, -0.1) is 0 Å². The van der Waals surface area contributed by atoms with Gasteiger partial charge in [0.15, 0.2) is 0 Å². The topological polar surface area (TPSA) is 29.3 Å². The number of anilines is 2. The molecule has 1 heterocycles. The number of hydrogen-bond donors (Lipinski definition) is 1. The highest BCUT2D eigenvalue weighted by molar-refractivity contribution is 8.00. The van der Waals surface area contributed by atoms with Gasteiger partial charge in [-0.2, -0.15) is 11.8 Å². The van der Waals surface area contributed by atoms with Crippen LogP contribution in [0.4, 0.5) is 15.8 Å². The summed E-state index contributed by atoms with van der Waals surface area (Å²) in [6, 6.07) is 4.67. The van der Waals surface area contributed by atoms with Gasteiger partial charge in [-0.05, 0) is 24.6 Å². The molecule has 94 valence electrons. The Kier molecular flexibility index (Phi) is 3.52. The smallest absolute Gasteiger partial charge is 0.125 e. The van der Waals surface area contributed by atoms with E-state index in [9.17, 15) is 4.39 Å². The minimum atomic E-state index is -0.268. The fourth-order valence-electron chi connectivity index (χ4n) is 2.07. The van der Waals surface area contributed by atoms with Gasteiger partial charge in [0.1, 0.15) is 5.82 Å². The monoisotopic (exact) mass is 254 g/mol. The van der Waals surface area contributed by atoms with Crippen molar-refractivity contribution in [1.29, 1.82) is 0 Å². The van der Waals surface area contributed by atoms with Gasteiger partial charge in [0.05, 0.1) is 11.4 Å². The average molecular weight is 254 g/mol. The van der Waals surface area contributed by atoms with E-state index in [2.05, 4.69) is 18.7 Å². The molecule has 17 heavy (non-hydrogen) atoms. The molecule has 2 rings (SSSR count). The van der Waals surface area contributed by atoms with Crippen LogP contribution in [0.3, 0.4) is 0 Å². The van der Waals surface area contributed by atoms with Gasteiger partial charge in [-0.25, -0.2) is 4.39 Å².